The molecule has 0 aliphatic carbocycles. The molecule has 1 heterocycles. The average molecular weight is 558 g/mol. The lowest BCUT2D eigenvalue weighted by Gasteiger charge is -2.40. The number of guanidine groups is 1. The van der Waals surface area contributed by atoms with Crippen molar-refractivity contribution in [2.24, 2.45) is 4.99 Å². The van der Waals surface area contributed by atoms with Crippen molar-refractivity contribution < 1.29 is 22.6 Å². The Balaban J connectivity index is 0.00000480. The molecule has 1 N–H and O–H groups in total. The number of hydrogen-bond donors (Lipinski definition) is 1. The Bertz CT molecular complexity index is 736. The van der Waals surface area contributed by atoms with Crippen LogP contribution in [0.1, 0.15) is 26.3 Å². The maximum atomic E-state index is 13.0. The molecule has 1 aromatic rings. The van der Waals surface area contributed by atoms with Gasteiger partial charge in [-0.05, 0) is 24.6 Å². The van der Waals surface area contributed by atoms with Gasteiger partial charge in [-0.2, -0.15) is 13.2 Å². The summed E-state index contributed by atoms with van der Waals surface area (Å²) in [5, 5.41) is 3.38. The third kappa shape index (κ3) is 7.03. The molecule has 0 radical (unpaired) electrons. The molecule has 1 fully saturated rings. The number of alkyl halides is 3. The minimum absolute atomic E-state index is 0. The molecule has 1 aromatic carbocycles. The molecule has 1 saturated heterocycles. The van der Waals surface area contributed by atoms with Gasteiger partial charge in [-0.3, -0.25) is 9.89 Å². The number of nitrogens with one attached hydrogen (secondary N) is 1. The van der Waals surface area contributed by atoms with Gasteiger partial charge in [0.25, 0.3) is 0 Å². The van der Waals surface area contributed by atoms with E-state index in [1.165, 1.54) is 11.8 Å². The second-order valence-electron chi connectivity index (χ2n) is 8.10. The van der Waals surface area contributed by atoms with E-state index in [2.05, 4.69) is 24.2 Å². The van der Waals surface area contributed by atoms with Crippen LogP contribution in [0, 0.1) is 0 Å². The van der Waals surface area contributed by atoms with Gasteiger partial charge < -0.3 is 19.7 Å². The van der Waals surface area contributed by atoms with Gasteiger partial charge in [-0.15, -0.1) is 24.0 Å². The standard InChI is InChI=1S/C21H33F3N4O2.HI/c1-15(21(22,23)24)27-9-11-28(12-10-27)19(25-4)26-14-20(2,3)16-7-8-17(29-5)18(13-16)30-6;/h7-8,13,15H,9-12,14H2,1-6H3,(H,25,26);1H. The molecular weight excluding hydrogens is 524 g/mol. The summed E-state index contributed by atoms with van der Waals surface area (Å²) in [6, 6.07) is 4.41. The Hall–Kier alpha value is -1.43. The lowest BCUT2D eigenvalue weighted by Crippen LogP contribution is -2.57. The van der Waals surface area contributed by atoms with Crippen molar-refractivity contribution in [2.75, 3.05) is 54.0 Å². The predicted molar refractivity (Wildman–Crippen MR) is 128 cm³/mol. The summed E-state index contributed by atoms with van der Waals surface area (Å²) in [6.45, 7) is 7.73. The molecule has 0 amide bonds. The zero-order chi connectivity index (χ0) is 22.5. The van der Waals surface area contributed by atoms with Gasteiger partial charge in [-0.25, -0.2) is 0 Å². The second kappa shape index (κ2) is 11.4. The summed E-state index contributed by atoms with van der Waals surface area (Å²) in [5.74, 6) is 2.04. The fraction of sp³-hybridized carbons (Fsp3) is 0.667. The average Bonchev–Trinajstić information content (AvgIpc) is 2.72. The fourth-order valence-electron chi connectivity index (χ4n) is 3.52. The molecule has 0 saturated carbocycles. The molecule has 1 atom stereocenters. The number of nitrogens with zero attached hydrogens (tertiary/aromatic N) is 3. The van der Waals surface area contributed by atoms with Crippen LogP contribution in [0.3, 0.4) is 0 Å². The summed E-state index contributed by atoms with van der Waals surface area (Å²) >= 11 is 0. The van der Waals surface area contributed by atoms with Crippen LogP contribution in [0.5, 0.6) is 11.5 Å². The predicted octanol–water partition coefficient (Wildman–Crippen LogP) is 3.74. The van der Waals surface area contributed by atoms with Gasteiger partial charge in [0.15, 0.2) is 17.5 Å². The molecule has 0 aromatic heterocycles. The van der Waals surface area contributed by atoms with E-state index < -0.39 is 12.2 Å². The number of hydrogen-bond acceptors (Lipinski definition) is 4. The largest absolute Gasteiger partial charge is 0.493 e. The number of methoxy groups -OCH3 is 2. The van der Waals surface area contributed by atoms with E-state index in [9.17, 15) is 13.2 Å². The van der Waals surface area contributed by atoms with E-state index in [0.29, 0.717) is 50.2 Å². The molecule has 31 heavy (non-hydrogen) atoms. The Morgan fingerprint density at radius 2 is 1.68 bits per heavy atom. The van der Waals surface area contributed by atoms with Crippen LogP contribution in [-0.2, 0) is 5.41 Å². The summed E-state index contributed by atoms with van der Waals surface area (Å²) in [7, 11) is 4.90. The van der Waals surface area contributed by atoms with Crippen molar-refractivity contribution in [3.63, 3.8) is 0 Å². The third-order valence-electron chi connectivity index (χ3n) is 5.70. The molecule has 2 rings (SSSR count). The number of benzene rings is 1. The highest BCUT2D eigenvalue weighted by molar-refractivity contribution is 14.0. The van der Waals surface area contributed by atoms with Gasteiger partial charge >= 0.3 is 6.18 Å². The van der Waals surface area contributed by atoms with Crippen LogP contribution in [0.25, 0.3) is 0 Å². The Morgan fingerprint density at radius 3 is 2.16 bits per heavy atom. The van der Waals surface area contributed by atoms with E-state index in [1.54, 1.807) is 21.3 Å². The van der Waals surface area contributed by atoms with Crippen molar-refractivity contribution in [2.45, 2.75) is 38.4 Å². The Labute approximate surface area is 200 Å². The van der Waals surface area contributed by atoms with Gasteiger partial charge in [0.2, 0.25) is 0 Å². The first-order valence-corrected chi connectivity index (χ1v) is 10.0. The number of aliphatic imine (C=N–C) groups is 1. The van der Waals surface area contributed by atoms with Gasteiger partial charge in [0.1, 0.15) is 6.04 Å². The van der Waals surface area contributed by atoms with Crippen molar-refractivity contribution in [1.29, 1.82) is 0 Å². The summed E-state index contributed by atoms with van der Waals surface area (Å²) in [4.78, 5) is 7.81. The maximum absolute atomic E-state index is 13.0. The number of piperazine rings is 1. The maximum Gasteiger partial charge on any atom is 0.403 e. The fourth-order valence-corrected chi connectivity index (χ4v) is 3.52. The first-order chi connectivity index (χ1) is 14.0. The molecule has 1 aliphatic heterocycles. The molecule has 0 spiro atoms. The lowest BCUT2D eigenvalue weighted by molar-refractivity contribution is -0.181. The minimum atomic E-state index is -4.20. The highest BCUT2D eigenvalue weighted by Gasteiger charge is 2.41. The zero-order valence-corrected chi connectivity index (χ0v) is 21.4. The van der Waals surface area contributed by atoms with Gasteiger partial charge in [0, 0.05) is 45.2 Å². The first-order valence-electron chi connectivity index (χ1n) is 10.0. The van der Waals surface area contributed by atoms with Crippen molar-refractivity contribution >= 4 is 29.9 Å². The number of halogens is 4. The monoisotopic (exact) mass is 558 g/mol. The second-order valence-corrected chi connectivity index (χ2v) is 8.10. The molecule has 178 valence electrons. The quantitative estimate of drug-likeness (QED) is 0.328. The van der Waals surface area contributed by atoms with Crippen LogP contribution >= 0.6 is 24.0 Å². The lowest BCUT2D eigenvalue weighted by atomic mass is 9.84. The molecule has 6 nitrogen and oxygen atoms in total. The first kappa shape index (κ1) is 27.6. The van der Waals surface area contributed by atoms with E-state index >= 15 is 0 Å². The van der Waals surface area contributed by atoms with Gasteiger partial charge in [0.05, 0.1) is 14.2 Å². The molecule has 1 unspecified atom stereocenters. The molecule has 1 aliphatic rings. The van der Waals surface area contributed by atoms with E-state index in [4.69, 9.17) is 9.47 Å². The van der Waals surface area contributed by atoms with E-state index in [1.807, 2.05) is 23.1 Å². The summed E-state index contributed by atoms with van der Waals surface area (Å²) in [5.41, 5.74) is 0.842. The van der Waals surface area contributed by atoms with Gasteiger partial charge in [-0.1, -0.05) is 19.9 Å². The summed E-state index contributed by atoms with van der Waals surface area (Å²) < 4.78 is 49.6. The SMILES string of the molecule is CN=C(NCC(C)(C)c1ccc(OC)c(OC)c1)N1CCN(C(C)C(F)(F)F)CC1.I. The van der Waals surface area contributed by atoms with Crippen LogP contribution in [0.4, 0.5) is 13.2 Å². The molecule has 0 bridgehead atoms. The van der Waals surface area contributed by atoms with Crippen molar-refractivity contribution in [3.8, 4) is 11.5 Å². The van der Waals surface area contributed by atoms with E-state index in [0.717, 1.165) is 5.56 Å². The van der Waals surface area contributed by atoms with E-state index in [-0.39, 0.29) is 29.4 Å². The van der Waals surface area contributed by atoms with Crippen LogP contribution in [0.2, 0.25) is 0 Å². The summed E-state index contributed by atoms with van der Waals surface area (Å²) in [6.07, 6.45) is -4.20. The molecular formula is C21H34F3IN4O2. The zero-order valence-electron chi connectivity index (χ0n) is 19.0. The van der Waals surface area contributed by atoms with Crippen molar-refractivity contribution in [1.82, 2.24) is 15.1 Å². The normalized spacial score (nSPS) is 17.1. The van der Waals surface area contributed by atoms with Crippen LogP contribution < -0.4 is 14.8 Å². The highest BCUT2D eigenvalue weighted by atomic mass is 127. The van der Waals surface area contributed by atoms with Crippen molar-refractivity contribution in [3.05, 3.63) is 23.8 Å². The third-order valence-corrected chi connectivity index (χ3v) is 5.70. The topological polar surface area (TPSA) is 49.3 Å². The smallest absolute Gasteiger partial charge is 0.403 e. The van der Waals surface area contributed by atoms with Crippen LogP contribution in [0.15, 0.2) is 23.2 Å². The number of ether oxygens (including phenoxy) is 2. The van der Waals surface area contributed by atoms with Crippen LogP contribution in [-0.4, -0.2) is 82.0 Å². The highest BCUT2D eigenvalue weighted by Crippen LogP contribution is 2.33. The Morgan fingerprint density at radius 1 is 1.10 bits per heavy atom. The number of rotatable bonds is 6. The minimum Gasteiger partial charge on any atom is -0.493 e. The Kier molecular flexibility index (Phi) is 10.2. The molecule has 10 heteroatoms.